The number of aliphatic imine (C=N–C) groups is 3. The van der Waals surface area contributed by atoms with Gasteiger partial charge >= 0.3 is 0 Å². The summed E-state index contributed by atoms with van der Waals surface area (Å²) in [6.07, 6.45) is 10.7. The first-order valence-corrected chi connectivity index (χ1v) is 27.0. The van der Waals surface area contributed by atoms with Gasteiger partial charge in [-0.1, -0.05) is 78.1 Å². The van der Waals surface area contributed by atoms with Crippen molar-refractivity contribution in [3.63, 3.8) is 0 Å². The number of aryl methyl sites for hydroxylation is 1. The second-order valence-corrected chi connectivity index (χ2v) is 19.8. The van der Waals surface area contributed by atoms with Crippen LogP contribution in [-0.4, -0.2) is 107 Å². The minimum atomic E-state index is -0.635. The molecule has 78 heavy (non-hydrogen) atoms. The number of nitrogens with zero attached hydrogens (tertiary/aromatic N) is 9. The van der Waals surface area contributed by atoms with E-state index in [1.165, 1.54) is 40.2 Å². The molecule has 7 heterocycles. The molecule has 0 radical (unpaired) electrons. The number of fused-ring (bicyclic) bond motifs is 2. The van der Waals surface area contributed by atoms with Crippen LogP contribution in [0.15, 0.2) is 136 Å². The van der Waals surface area contributed by atoms with Gasteiger partial charge in [0.15, 0.2) is 17.9 Å². The highest BCUT2D eigenvalue weighted by atomic mass is 79.9. The molecule has 11 N–H and O–H groups in total. The van der Waals surface area contributed by atoms with Gasteiger partial charge in [0.05, 0.1) is 91.7 Å². The number of nitrogens with two attached hydrogens (primary N) is 1. The van der Waals surface area contributed by atoms with Crippen LogP contribution >= 0.6 is 62.5 Å². The average molecular weight is 1190 g/mol. The van der Waals surface area contributed by atoms with Crippen LogP contribution in [0.1, 0.15) is 56.8 Å². The lowest BCUT2D eigenvalue weighted by molar-refractivity contribution is 0.0997. The van der Waals surface area contributed by atoms with Gasteiger partial charge in [-0.25, -0.2) is 9.97 Å². The number of hydrogen-bond donors (Lipinski definition) is 10. The fourth-order valence-electron chi connectivity index (χ4n) is 7.90. The number of H-pyrrole nitrogens is 2. The Hall–Kier alpha value is -7.89. The number of primary amides is 1. The number of hydrogen-bond acceptors (Lipinski definition) is 18. The SMILES string of the molecule is Brc1c(NC2=NCCN2)ccc2nccnc12.Cc1cccc(C(C)c2cnc[nH]2)c1C.Clc1ccc2nsnc2c1NC1=NCCN1.Clc1cccc(Cl)c1NC1=NCCN1.NC(=O)c1cccc(Cc2cnc[nH]2)c1O. The van der Waals surface area contributed by atoms with Crippen molar-refractivity contribution in [3.8, 4) is 5.75 Å². The number of carbonyl (C=O) groups is 1. The van der Waals surface area contributed by atoms with Crippen LogP contribution < -0.4 is 37.6 Å². The first-order chi connectivity index (χ1) is 37.8. The Balaban J connectivity index is 0.000000129. The zero-order valence-corrected chi connectivity index (χ0v) is 47.0. The summed E-state index contributed by atoms with van der Waals surface area (Å²) in [6.45, 7) is 11.5. The Morgan fingerprint density at radius 2 is 1.33 bits per heavy atom. The Labute approximate surface area is 476 Å². The molecule has 0 spiro atoms. The molecule has 9 aromatic rings. The number of anilines is 3. The molecule has 402 valence electrons. The first-order valence-electron chi connectivity index (χ1n) is 24.4. The summed E-state index contributed by atoms with van der Waals surface area (Å²) in [5.74, 6) is 1.94. The minimum Gasteiger partial charge on any atom is -0.507 e. The number of imidazole rings is 2. The monoisotopic (exact) mass is 1190 g/mol. The number of para-hydroxylation sites is 2. The summed E-state index contributed by atoms with van der Waals surface area (Å²) in [5.41, 5.74) is 17.8. The fraction of sp³-hybridized carbons (Fsp3) is 0.208. The number of carbonyl (C=O) groups excluding carboxylic acids is 1. The summed E-state index contributed by atoms with van der Waals surface area (Å²) in [5, 5.41) is 30.4. The van der Waals surface area contributed by atoms with Crippen LogP contribution in [0.25, 0.3) is 22.1 Å². The maximum Gasteiger partial charge on any atom is 0.252 e. The predicted molar refractivity (Wildman–Crippen MR) is 318 cm³/mol. The molecule has 5 aromatic carbocycles. The standard InChI is InChI=1S/C13H16N2.C11H10BrN5.C11H11N3O2.C9H9Cl2N3.C9H8ClN5S/c1-9-5-4-6-12(10(9)2)11(3)13-7-14-8-15-13;12-9-7(17-11-15-5-6-16-11)1-2-8-10(9)14-4-3-13-8;12-11(16)9-3-1-2-7(10(9)15)4-8-5-13-6-14-8;10-6-2-1-3-7(11)8(6)14-9-12-4-5-13-9;10-5-1-2-6-8(15-16-14-6)7(5)13-9-11-3-4-12-9/h4-8,11H,1-3H3,(H,14,15);1-4H,5-6H2,(H2,15,16,17);1-3,5-6,15H,4H2,(H2,12,16)(H,13,14);1-3H,4-5H2,(H2,12,13,14);1-2H,3-4H2,(H2,11,12,13). The Kier molecular flexibility index (Phi) is 19.8. The molecule has 3 aliphatic rings. The maximum atomic E-state index is 11.0. The molecule has 25 heteroatoms. The van der Waals surface area contributed by atoms with Crippen molar-refractivity contribution in [2.75, 3.05) is 55.2 Å². The van der Waals surface area contributed by atoms with Gasteiger partial charge in [0.2, 0.25) is 0 Å². The van der Waals surface area contributed by atoms with Gasteiger partial charge < -0.3 is 52.7 Å². The van der Waals surface area contributed by atoms with Crippen molar-refractivity contribution in [3.05, 3.63) is 175 Å². The molecule has 0 saturated carbocycles. The molecule has 0 bridgehead atoms. The van der Waals surface area contributed by atoms with Gasteiger partial charge in [-0.3, -0.25) is 29.7 Å². The zero-order valence-electron chi connectivity index (χ0n) is 42.4. The van der Waals surface area contributed by atoms with Crippen molar-refractivity contribution in [2.24, 2.45) is 20.7 Å². The van der Waals surface area contributed by atoms with Gasteiger partial charge in [0, 0.05) is 73.7 Å². The third kappa shape index (κ3) is 14.8. The van der Waals surface area contributed by atoms with E-state index in [2.05, 4.69) is 140 Å². The minimum absolute atomic E-state index is 0.0652. The summed E-state index contributed by atoms with van der Waals surface area (Å²) in [6, 6.07) is 24.3. The molecule has 1 amide bonds. The van der Waals surface area contributed by atoms with Crippen molar-refractivity contribution in [1.29, 1.82) is 0 Å². The quantitative estimate of drug-likeness (QED) is 0.0678. The molecule has 0 saturated heterocycles. The summed E-state index contributed by atoms with van der Waals surface area (Å²) >= 11 is 22.8. The number of amides is 1. The van der Waals surface area contributed by atoms with Crippen LogP contribution in [-0.2, 0) is 6.42 Å². The van der Waals surface area contributed by atoms with E-state index in [1.807, 2.05) is 30.5 Å². The van der Waals surface area contributed by atoms with Crippen molar-refractivity contribution < 1.29 is 9.90 Å². The molecule has 12 rings (SSSR count). The summed E-state index contributed by atoms with van der Waals surface area (Å²) in [7, 11) is 0. The summed E-state index contributed by atoms with van der Waals surface area (Å²) in [4.78, 5) is 46.3. The van der Waals surface area contributed by atoms with Crippen LogP contribution in [0, 0.1) is 13.8 Å². The van der Waals surface area contributed by atoms with Gasteiger partial charge in [0.1, 0.15) is 22.3 Å². The van der Waals surface area contributed by atoms with Crippen LogP contribution in [0.5, 0.6) is 5.75 Å². The van der Waals surface area contributed by atoms with Crippen molar-refractivity contribution in [2.45, 2.75) is 33.1 Å². The third-order valence-corrected chi connectivity index (χ3v) is 14.4. The number of aromatic amines is 2. The third-order valence-electron chi connectivity index (χ3n) is 12.1. The number of rotatable bonds is 8. The molecular formula is C53H54BrCl3N18O2S. The van der Waals surface area contributed by atoms with Crippen LogP contribution in [0.3, 0.4) is 0 Å². The van der Waals surface area contributed by atoms with E-state index in [4.69, 9.17) is 40.5 Å². The molecule has 4 aromatic heterocycles. The van der Waals surface area contributed by atoms with Gasteiger partial charge in [-0.05, 0) is 88.9 Å². The fourth-order valence-corrected chi connectivity index (χ4v) is 9.68. The van der Waals surface area contributed by atoms with Crippen molar-refractivity contribution >= 4 is 125 Å². The zero-order chi connectivity index (χ0) is 55.0. The highest BCUT2D eigenvalue weighted by Crippen LogP contribution is 2.32. The van der Waals surface area contributed by atoms with Gasteiger partial charge in [-0.2, -0.15) is 8.75 Å². The smallest absolute Gasteiger partial charge is 0.252 e. The molecule has 3 aliphatic heterocycles. The molecular weight excluding hydrogens is 1140 g/mol. The Morgan fingerprint density at radius 3 is 1.97 bits per heavy atom. The second kappa shape index (κ2) is 27.4. The molecule has 1 unspecified atom stereocenters. The van der Waals surface area contributed by atoms with Crippen molar-refractivity contribution in [1.82, 2.24) is 54.6 Å². The molecule has 1 atom stereocenters. The normalized spacial score (nSPS) is 13.4. The first kappa shape index (κ1) is 56.3. The predicted octanol–water partition coefficient (Wildman–Crippen LogP) is 9.83. The number of guanidine groups is 3. The van der Waals surface area contributed by atoms with E-state index in [1.54, 1.807) is 61.6 Å². The number of aromatic hydroxyl groups is 1. The number of benzene rings is 5. The highest BCUT2D eigenvalue weighted by molar-refractivity contribution is 9.10. The Bertz CT molecular complexity index is 3560. The maximum absolute atomic E-state index is 11.0. The van der Waals surface area contributed by atoms with Gasteiger partial charge in [0.25, 0.3) is 5.91 Å². The number of aromatic nitrogens is 8. The van der Waals surface area contributed by atoms with E-state index < -0.39 is 5.91 Å². The highest BCUT2D eigenvalue weighted by Gasteiger charge is 2.16. The largest absolute Gasteiger partial charge is 0.507 e. The van der Waals surface area contributed by atoms with E-state index in [9.17, 15) is 9.90 Å². The Morgan fingerprint density at radius 1 is 0.718 bits per heavy atom. The van der Waals surface area contributed by atoms with E-state index in [0.29, 0.717) is 38.7 Å². The van der Waals surface area contributed by atoms with E-state index in [0.717, 1.165) is 101 Å². The summed E-state index contributed by atoms with van der Waals surface area (Å²) < 4.78 is 9.29. The van der Waals surface area contributed by atoms with E-state index in [-0.39, 0.29) is 11.3 Å². The number of phenols is 1. The number of nitrogens with one attached hydrogen (secondary N) is 8. The topological polar surface area (TPSA) is 282 Å². The lowest BCUT2D eigenvalue weighted by Crippen LogP contribution is -2.26. The van der Waals surface area contributed by atoms with Crippen LogP contribution in [0.2, 0.25) is 15.1 Å². The molecule has 20 nitrogen and oxygen atoms in total. The van der Waals surface area contributed by atoms with E-state index >= 15 is 0 Å². The molecule has 0 aliphatic carbocycles. The number of halogens is 4. The van der Waals surface area contributed by atoms with Crippen LogP contribution in [0.4, 0.5) is 17.1 Å². The average Bonchev–Trinajstić information content (AvgIpc) is 4.32. The lowest BCUT2D eigenvalue weighted by Gasteiger charge is -2.14. The lowest BCUT2D eigenvalue weighted by atomic mass is 9.92. The second-order valence-electron chi connectivity index (χ2n) is 17.3. The molecule has 0 fully saturated rings. The van der Waals surface area contributed by atoms with Gasteiger partial charge in [-0.15, -0.1) is 0 Å².